The fraction of sp³-hybridized carbons (Fsp3) is 0.250. The molecule has 0 aliphatic carbocycles. The molecule has 160 valence electrons. The van der Waals surface area contributed by atoms with Crippen molar-refractivity contribution < 1.29 is 27.5 Å². The van der Waals surface area contributed by atoms with Crippen LogP contribution < -0.4 is 9.47 Å². The Hall–Kier alpha value is -1.06. The number of fused-ring (bicyclic) bond motifs is 2. The first-order chi connectivity index (χ1) is 14.2. The number of halogens is 2. The molecule has 0 fully saturated rings. The molecule has 4 aromatic carbocycles. The van der Waals surface area contributed by atoms with E-state index in [0.717, 1.165) is 11.5 Å². The Morgan fingerprint density at radius 3 is 1.40 bits per heavy atom. The second-order valence-electron chi connectivity index (χ2n) is 7.32. The molecule has 2 nitrogen and oxygen atoms in total. The molecule has 0 aromatic heterocycles. The van der Waals surface area contributed by atoms with E-state index in [9.17, 15) is 0 Å². The van der Waals surface area contributed by atoms with Crippen LogP contribution in [-0.4, -0.2) is 19.7 Å². The second kappa shape index (κ2) is 12.1. The first-order valence-electron chi connectivity index (χ1n) is 9.64. The topological polar surface area (TPSA) is 18.5 Å². The summed E-state index contributed by atoms with van der Waals surface area (Å²) in [4.78, 5) is 0. The van der Waals surface area contributed by atoms with Crippen molar-refractivity contribution in [1.29, 1.82) is 0 Å². The van der Waals surface area contributed by atoms with E-state index in [-0.39, 0.29) is 5.43 Å². The molecule has 4 aromatic rings. The van der Waals surface area contributed by atoms with Gasteiger partial charge < -0.3 is 9.47 Å². The van der Waals surface area contributed by atoms with Crippen molar-refractivity contribution in [3.63, 3.8) is 0 Å². The summed E-state index contributed by atoms with van der Waals surface area (Å²) in [5.74, 6) is 1.85. The third kappa shape index (κ3) is 7.57. The van der Waals surface area contributed by atoms with E-state index in [0.29, 0.717) is 0 Å². The molecular weight excluding hydrogens is 510 g/mol. The van der Waals surface area contributed by atoms with Gasteiger partial charge in [-0.15, -0.1) is 56.9 Å². The quantitative estimate of drug-likeness (QED) is 0.191. The number of ether oxygens (including phenoxy) is 2. The van der Waals surface area contributed by atoms with E-state index in [1.165, 1.54) is 32.7 Å². The number of aryl methyl sites for hydroxylation is 2. The van der Waals surface area contributed by atoms with E-state index in [4.69, 9.17) is 26.5 Å². The monoisotopic (exact) mass is 536 g/mol. The van der Waals surface area contributed by atoms with Crippen molar-refractivity contribution in [1.82, 2.24) is 0 Å². The fourth-order valence-corrected chi connectivity index (χ4v) is 2.94. The average molecular weight is 539 g/mol. The molecule has 0 amide bonds. The third-order valence-electron chi connectivity index (χ3n) is 4.50. The zero-order chi connectivity index (χ0) is 22.3. The van der Waals surface area contributed by atoms with Gasteiger partial charge in [0.1, 0.15) is 0 Å². The Morgan fingerprint density at radius 2 is 1.10 bits per heavy atom. The van der Waals surface area contributed by atoms with Crippen LogP contribution in [0, 0.1) is 13.8 Å². The van der Waals surface area contributed by atoms with Crippen molar-refractivity contribution in [3.05, 3.63) is 71.8 Å². The summed E-state index contributed by atoms with van der Waals surface area (Å²) in [5, 5.41) is 5.08. The van der Waals surface area contributed by atoms with E-state index in [2.05, 4.69) is 75.5 Å². The molecule has 0 N–H and O–H groups in total. The standard InChI is InChI=1S/2C11H11O.C2H6Si.2ClH.Zr/c2*1-8-5-9-3-4-11(12-2)7-10(9)6-8;1-3-2;;;/h2*3-7H,1-2H3;1-2H3;2*1H;/q2*-1;;;;+2/p-2. The van der Waals surface area contributed by atoms with Crippen LogP contribution >= 0.6 is 17.0 Å². The van der Waals surface area contributed by atoms with E-state index in [1.54, 1.807) is 14.2 Å². The number of hydrogen-bond donors (Lipinski definition) is 0. The van der Waals surface area contributed by atoms with Gasteiger partial charge in [0.2, 0.25) is 0 Å². The zero-order valence-corrected chi connectivity index (χ0v) is 23.3. The van der Waals surface area contributed by atoms with Gasteiger partial charge in [-0.05, 0) is 0 Å². The van der Waals surface area contributed by atoms with Gasteiger partial charge in [0.05, 0.1) is 25.7 Å². The summed E-state index contributed by atoms with van der Waals surface area (Å²) in [7, 11) is 14.6. The van der Waals surface area contributed by atoms with Crippen LogP contribution in [0.2, 0.25) is 13.1 Å². The molecule has 0 radical (unpaired) electrons. The Bertz CT molecular complexity index is 1050. The molecule has 0 bridgehead atoms. The number of methoxy groups -OCH3 is 2. The molecule has 6 heteroatoms. The fourth-order valence-electron chi connectivity index (χ4n) is 2.94. The van der Waals surface area contributed by atoms with Gasteiger partial charge in [0.15, 0.2) is 0 Å². The molecule has 0 aliphatic heterocycles. The van der Waals surface area contributed by atoms with Crippen molar-refractivity contribution in [3.8, 4) is 11.5 Å². The van der Waals surface area contributed by atoms with Gasteiger partial charge in [0.25, 0.3) is 0 Å². The van der Waals surface area contributed by atoms with Gasteiger partial charge in [-0.2, -0.15) is 12.1 Å². The van der Waals surface area contributed by atoms with Crippen molar-refractivity contribution in [2.24, 2.45) is 0 Å². The molecule has 0 heterocycles. The van der Waals surface area contributed by atoms with E-state index >= 15 is 0 Å². The predicted octanol–water partition coefficient (Wildman–Crippen LogP) is 7.91. The second-order valence-corrected chi connectivity index (χ2v) is 30.3. The van der Waals surface area contributed by atoms with Crippen molar-refractivity contribution in [2.75, 3.05) is 14.2 Å². The summed E-state index contributed by atoms with van der Waals surface area (Å²) in [6, 6.07) is 20.9. The Labute approximate surface area is 194 Å². The molecule has 4 rings (SSSR count). The van der Waals surface area contributed by atoms with Crippen molar-refractivity contribution in [2.45, 2.75) is 26.9 Å². The first kappa shape index (κ1) is 25.2. The van der Waals surface area contributed by atoms with Gasteiger partial charge in [-0.3, -0.25) is 0 Å². The van der Waals surface area contributed by atoms with Crippen LogP contribution in [0.5, 0.6) is 11.5 Å². The minimum atomic E-state index is -1.65. The molecule has 0 saturated heterocycles. The van der Waals surface area contributed by atoms with Crippen molar-refractivity contribution >= 4 is 44.0 Å². The van der Waals surface area contributed by atoms with Crippen LogP contribution in [0.15, 0.2) is 60.7 Å². The summed E-state index contributed by atoms with van der Waals surface area (Å²) in [6.45, 7) is 8.54. The van der Waals surface area contributed by atoms with Gasteiger partial charge in [0, 0.05) is 0 Å². The number of rotatable bonds is 2. The van der Waals surface area contributed by atoms with E-state index in [1.807, 2.05) is 12.1 Å². The van der Waals surface area contributed by atoms with Crippen LogP contribution in [-0.2, 0) is 18.0 Å². The normalized spacial score (nSPS) is 10.0. The van der Waals surface area contributed by atoms with Crippen LogP contribution in [0.4, 0.5) is 0 Å². The SMILES string of the molecule is COc1ccc2[cH-]c(C)cc2c1.COc1ccc2[cH-]c(C)cc2c1.C[Si](C)=[Zr]([Cl])[Cl]. The minimum absolute atomic E-state index is 0.224. The summed E-state index contributed by atoms with van der Waals surface area (Å²) < 4.78 is 10.3. The van der Waals surface area contributed by atoms with Gasteiger partial charge >= 0.3 is 53.5 Å². The summed E-state index contributed by atoms with van der Waals surface area (Å²) in [5.41, 5.74) is 2.38. The van der Waals surface area contributed by atoms with E-state index < -0.39 is 18.0 Å². The number of benzene rings is 2. The molecule has 0 unspecified atom stereocenters. The van der Waals surface area contributed by atoms with Gasteiger partial charge in [-0.25, -0.2) is 0 Å². The first-order valence-corrected chi connectivity index (χ1v) is 22.2. The predicted molar refractivity (Wildman–Crippen MR) is 131 cm³/mol. The Balaban J connectivity index is 0.000000171. The van der Waals surface area contributed by atoms with Gasteiger partial charge in [-0.1, -0.05) is 38.1 Å². The average Bonchev–Trinajstić information content (AvgIpc) is 3.27. The molecule has 30 heavy (non-hydrogen) atoms. The number of hydrogen-bond acceptors (Lipinski definition) is 2. The third-order valence-corrected chi connectivity index (χ3v) is 24.2. The molecular formula is C24H28Cl2O2SiZr-2. The molecule has 0 aliphatic rings. The molecule has 0 atom stereocenters. The molecule has 0 saturated carbocycles. The maximum absolute atomic E-state index is 5.62. The Kier molecular flexibility index (Phi) is 10.2. The summed E-state index contributed by atoms with van der Waals surface area (Å²) in [6.07, 6.45) is 0. The van der Waals surface area contributed by atoms with Crippen LogP contribution in [0.1, 0.15) is 11.1 Å². The van der Waals surface area contributed by atoms with Crippen LogP contribution in [0.3, 0.4) is 0 Å². The zero-order valence-electron chi connectivity index (χ0n) is 18.3. The summed E-state index contributed by atoms with van der Waals surface area (Å²) >= 11 is -1.65. The maximum atomic E-state index is 5.62. The molecule has 0 spiro atoms. The van der Waals surface area contributed by atoms with Crippen LogP contribution in [0.25, 0.3) is 21.5 Å². The Morgan fingerprint density at radius 1 is 0.733 bits per heavy atom.